The molecule has 1 saturated heterocycles. The van der Waals surface area contributed by atoms with Crippen LogP contribution < -0.4 is 20.9 Å². The summed E-state index contributed by atoms with van der Waals surface area (Å²) in [6.45, 7) is 0. The third-order valence-corrected chi connectivity index (χ3v) is 4.79. The molecule has 1 aromatic carbocycles. The molecular weight excluding hydrogens is 400 g/mol. The highest BCUT2D eigenvalue weighted by atomic mass is 35.5. The van der Waals surface area contributed by atoms with E-state index in [0.29, 0.717) is 16.3 Å². The Kier molecular flexibility index (Phi) is 3.90. The summed E-state index contributed by atoms with van der Waals surface area (Å²) in [5.74, 6) is -2.99. The summed E-state index contributed by atoms with van der Waals surface area (Å²) in [6, 6.07) is 4.74. The van der Waals surface area contributed by atoms with Crippen molar-refractivity contribution in [3.8, 4) is 11.6 Å². The monoisotopic (exact) mass is 408 g/mol. The molecule has 0 radical (unpaired) electrons. The number of rotatable bonds is 1. The number of amides is 2. The quantitative estimate of drug-likeness (QED) is 0.419. The van der Waals surface area contributed by atoms with Crippen molar-refractivity contribution in [1.82, 2.24) is 20.6 Å². The first-order valence-corrected chi connectivity index (χ1v) is 8.54. The van der Waals surface area contributed by atoms with Gasteiger partial charge in [0.05, 0.1) is 5.56 Å². The molecule has 3 heterocycles. The first-order valence-electron chi connectivity index (χ1n) is 7.34. The molecule has 26 heavy (non-hydrogen) atoms. The lowest BCUT2D eigenvalue weighted by atomic mass is 9.78. The summed E-state index contributed by atoms with van der Waals surface area (Å²) in [7, 11) is 0. The highest BCUT2D eigenvalue weighted by Gasteiger charge is 2.46. The molecular formula is C15H9ClN4O4S2. The van der Waals surface area contributed by atoms with Gasteiger partial charge < -0.3 is 20.4 Å². The maximum absolute atomic E-state index is 12.6. The lowest BCUT2D eigenvalue weighted by molar-refractivity contribution is -0.135. The van der Waals surface area contributed by atoms with Crippen molar-refractivity contribution in [1.29, 1.82) is 0 Å². The van der Waals surface area contributed by atoms with E-state index in [-0.39, 0.29) is 21.3 Å². The minimum atomic E-state index is -1.24. The second-order valence-corrected chi connectivity index (χ2v) is 6.95. The van der Waals surface area contributed by atoms with Gasteiger partial charge in [-0.05, 0) is 42.6 Å². The fraction of sp³-hybridized carbons (Fsp3) is 0.133. The van der Waals surface area contributed by atoms with Crippen molar-refractivity contribution in [2.24, 2.45) is 5.92 Å². The molecule has 4 rings (SSSR count). The van der Waals surface area contributed by atoms with Gasteiger partial charge in [-0.1, -0.05) is 11.6 Å². The average Bonchev–Trinajstić information content (AvgIpc) is 2.53. The Bertz CT molecular complexity index is 1090. The van der Waals surface area contributed by atoms with Crippen LogP contribution >= 0.6 is 36.0 Å². The maximum atomic E-state index is 12.6. The maximum Gasteiger partial charge on any atom is 0.259 e. The van der Waals surface area contributed by atoms with E-state index < -0.39 is 29.2 Å². The second-order valence-electron chi connectivity index (χ2n) is 5.70. The van der Waals surface area contributed by atoms with Crippen LogP contribution in [0.3, 0.4) is 0 Å². The zero-order valence-corrected chi connectivity index (χ0v) is 15.1. The second kappa shape index (κ2) is 6.01. The van der Waals surface area contributed by atoms with Gasteiger partial charge in [-0.2, -0.15) is 0 Å². The van der Waals surface area contributed by atoms with Gasteiger partial charge in [0, 0.05) is 16.5 Å². The van der Waals surface area contributed by atoms with Gasteiger partial charge in [-0.3, -0.25) is 19.4 Å². The van der Waals surface area contributed by atoms with E-state index in [9.17, 15) is 14.4 Å². The smallest absolute Gasteiger partial charge is 0.259 e. The van der Waals surface area contributed by atoms with Gasteiger partial charge in [0.25, 0.3) is 5.56 Å². The Morgan fingerprint density at radius 3 is 2.38 bits per heavy atom. The van der Waals surface area contributed by atoms with Gasteiger partial charge in [-0.25, -0.2) is 0 Å². The number of ether oxygens (including phenoxy) is 1. The predicted octanol–water partition coefficient (Wildman–Crippen LogP) is 1.47. The van der Waals surface area contributed by atoms with E-state index >= 15 is 0 Å². The number of fused-ring (bicyclic) bond motifs is 2. The van der Waals surface area contributed by atoms with Crippen LogP contribution in [0.1, 0.15) is 17.0 Å². The van der Waals surface area contributed by atoms with Crippen molar-refractivity contribution in [3.05, 3.63) is 49.5 Å². The topological polar surface area (TPSA) is 116 Å². The highest BCUT2D eigenvalue weighted by molar-refractivity contribution is 7.80. The Labute approximate surface area is 160 Å². The Hall–Kier alpha value is -2.56. The van der Waals surface area contributed by atoms with Gasteiger partial charge >= 0.3 is 0 Å². The fourth-order valence-electron chi connectivity index (χ4n) is 3.14. The Morgan fingerprint density at radius 2 is 1.69 bits per heavy atom. The van der Waals surface area contributed by atoms with Crippen LogP contribution in [0.15, 0.2) is 23.0 Å². The van der Waals surface area contributed by atoms with Crippen molar-refractivity contribution < 1.29 is 14.3 Å². The number of carbonyl (C=O) groups excluding carboxylic acids is 2. The molecule has 0 saturated carbocycles. The van der Waals surface area contributed by atoms with E-state index in [4.69, 9.17) is 40.8 Å². The molecule has 2 aliphatic heterocycles. The largest absolute Gasteiger partial charge is 0.440 e. The van der Waals surface area contributed by atoms with Crippen molar-refractivity contribution >= 4 is 53.0 Å². The lowest BCUT2D eigenvalue weighted by Gasteiger charge is -2.33. The standard InChI is InChI=1S/C15H9ClN4O4S2/c16-4-1-2-6-5(3-4)7(8-10(21)17-14(25)18-11(8)22)9-12(23)19-15(26)20-13(9)24-6/h1-3,7-8H,(H2,19,20,23,26)(H2,17,18,21,22,25). The SMILES string of the molecule is O=C1NC(=S)NC(=O)C1C1c2cc(Cl)ccc2Oc2[nH]c(=S)[nH]c(=O)c21. The molecule has 0 bridgehead atoms. The Balaban J connectivity index is 1.99. The number of aromatic amines is 2. The molecule has 0 spiro atoms. The highest BCUT2D eigenvalue weighted by Crippen LogP contribution is 2.46. The Morgan fingerprint density at radius 1 is 1.00 bits per heavy atom. The molecule has 1 fully saturated rings. The number of hydrogen-bond acceptors (Lipinski definition) is 6. The molecule has 132 valence electrons. The molecule has 1 aromatic heterocycles. The molecule has 8 nitrogen and oxygen atoms in total. The molecule has 0 aliphatic carbocycles. The van der Waals surface area contributed by atoms with Gasteiger partial charge in [0.1, 0.15) is 11.7 Å². The number of aromatic nitrogens is 2. The van der Waals surface area contributed by atoms with E-state index in [2.05, 4.69) is 20.6 Å². The minimum absolute atomic E-state index is 0.0589. The number of carbonyl (C=O) groups is 2. The van der Waals surface area contributed by atoms with Crippen molar-refractivity contribution in [3.63, 3.8) is 0 Å². The van der Waals surface area contributed by atoms with Crippen LogP contribution in [0.2, 0.25) is 5.02 Å². The summed E-state index contributed by atoms with van der Waals surface area (Å²) in [4.78, 5) is 42.8. The van der Waals surface area contributed by atoms with E-state index in [1.54, 1.807) is 18.2 Å². The summed E-state index contributed by atoms with van der Waals surface area (Å²) >= 11 is 15.9. The molecule has 2 aromatic rings. The fourth-order valence-corrected chi connectivity index (χ4v) is 3.70. The number of halogens is 1. The first kappa shape index (κ1) is 16.9. The third-order valence-electron chi connectivity index (χ3n) is 4.15. The van der Waals surface area contributed by atoms with Crippen LogP contribution in [-0.2, 0) is 9.59 Å². The number of hydrogen-bond donors (Lipinski definition) is 4. The summed E-state index contributed by atoms with van der Waals surface area (Å²) in [6.07, 6.45) is 0. The van der Waals surface area contributed by atoms with E-state index in [1.807, 2.05) is 0 Å². The summed E-state index contributed by atoms with van der Waals surface area (Å²) in [5, 5.41) is 5.10. The zero-order chi connectivity index (χ0) is 18.6. The predicted molar refractivity (Wildman–Crippen MR) is 98.0 cm³/mol. The van der Waals surface area contributed by atoms with Crippen molar-refractivity contribution in [2.75, 3.05) is 0 Å². The normalized spacial score (nSPS) is 19.1. The minimum Gasteiger partial charge on any atom is -0.440 e. The van der Waals surface area contributed by atoms with Gasteiger partial charge in [0.15, 0.2) is 9.88 Å². The number of thiocarbonyl (C=S) groups is 1. The number of nitrogens with one attached hydrogen (secondary N) is 4. The molecule has 1 unspecified atom stereocenters. The van der Waals surface area contributed by atoms with Crippen LogP contribution in [-0.4, -0.2) is 26.9 Å². The number of H-pyrrole nitrogens is 2. The molecule has 4 N–H and O–H groups in total. The van der Waals surface area contributed by atoms with Crippen molar-refractivity contribution in [2.45, 2.75) is 5.92 Å². The third kappa shape index (κ3) is 2.62. The molecule has 2 amide bonds. The van der Waals surface area contributed by atoms with Crippen LogP contribution in [0.25, 0.3) is 0 Å². The summed E-state index contributed by atoms with van der Waals surface area (Å²) in [5.41, 5.74) is -0.0475. The zero-order valence-electron chi connectivity index (χ0n) is 12.7. The van der Waals surface area contributed by atoms with Gasteiger partial charge in [0.2, 0.25) is 17.7 Å². The van der Waals surface area contributed by atoms with E-state index in [0.717, 1.165) is 0 Å². The average molecular weight is 409 g/mol. The molecule has 1 atom stereocenters. The van der Waals surface area contributed by atoms with Gasteiger partial charge in [-0.15, -0.1) is 0 Å². The molecule has 2 aliphatic rings. The van der Waals surface area contributed by atoms with E-state index in [1.165, 1.54) is 0 Å². The first-order chi connectivity index (χ1) is 12.3. The number of benzene rings is 1. The van der Waals surface area contributed by atoms with Crippen LogP contribution in [0.4, 0.5) is 0 Å². The molecule has 11 heteroatoms. The van der Waals surface area contributed by atoms with Crippen LogP contribution in [0.5, 0.6) is 11.6 Å². The summed E-state index contributed by atoms with van der Waals surface area (Å²) < 4.78 is 5.78. The lowest BCUT2D eigenvalue weighted by Crippen LogP contribution is -2.57. The van der Waals surface area contributed by atoms with Crippen LogP contribution in [0, 0.1) is 10.7 Å².